The van der Waals surface area contributed by atoms with Crippen LogP contribution in [0.2, 0.25) is 0 Å². The SMILES string of the molecule is CCCC(OC)c1cccc2nn(CC(=O)[C@H]3CC[C@H]4[C@@H]5CC[C@H]6C[C@](C)(O)CC[C@@H]6[C@H]5CC[C@]34C)nc12. The van der Waals surface area contributed by atoms with E-state index in [0.29, 0.717) is 17.6 Å². The van der Waals surface area contributed by atoms with Crippen molar-refractivity contribution in [3.8, 4) is 0 Å². The summed E-state index contributed by atoms with van der Waals surface area (Å²) in [6, 6.07) is 6.08. The number of methoxy groups -OCH3 is 1. The largest absolute Gasteiger partial charge is 0.390 e. The van der Waals surface area contributed by atoms with Crippen LogP contribution in [0.1, 0.15) is 103 Å². The number of ketones is 1. The van der Waals surface area contributed by atoms with Gasteiger partial charge >= 0.3 is 0 Å². The van der Waals surface area contributed by atoms with Crippen molar-refractivity contribution in [3.05, 3.63) is 23.8 Å². The maximum atomic E-state index is 13.8. The number of aliphatic hydroxyl groups is 1. The van der Waals surface area contributed by atoms with Gasteiger partial charge in [0.25, 0.3) is 0 Å². The van der Waals surface area contributed by atoms with Crippen molar-refractivity contribution in [1.82, 2.24) is 15.0 Å². The predicted molar refractivity (Wildman–Crippen MR) is 148 cm³/mol. The topological polar surface area (TPSA) is 77.2 Å². The van der Waals surface area contributed by atoms with Crippen molar-refractivity contribution in [2.24, 2.45) is 40.9 Å². The Bertz CT molecular complexity index is 1170. The summed E-state index contributed by atoms with van der Waals surface area (Å²) in [6.07, 6.45) is 12.3. The minimum atomic E-state index is -0.464. The summed E-state index contributed by atoms with van der Waals surface area (Å²) in [5.74, 6) is 4.12. The molecule has 4 aliphatic rings. The lowest BCUT2D eigenvalue weighted by atomic mass is 9.49. The molecule has 0 amide bonds. The zero-order valence-corrected chi connectivity index (χ0v) is 23.9. The Labute approximate surface area is 227 Å². The first-order valence-electron chi connectivity index (χ1n) is 15.4. The van der Waals surface area contributed by atoms with E-state index >= 15 is 0 Å². The molecule has 0 radical (unpaired) electrons. The second kappa shape index (κ2) is 9.99. The molecule has 1 unspecified atom stereocenters. The summed E-state index contributed by atoms with van der Waals surface area (Å²) >= 11 is 0. The number of carbonyl (C=O) groups excluding carboxylic acids is 1. The number of hydrogen-bond acceptors (Lipinski definition) is 5. The lowest BCUT2D eigenvalue weighted by molar-refractivity contribution is -0.133. The zero-order valence-electron chi connectivity index (χ0n) is 23.9. The number of rotatable bonds is 7. The lowest BCUT2D eigenvalue weighted by Gasteiger charge is -2.56. The molecule has 9 atom stereocenters. The van der Waals surface area contributed by atoms with Gasteiger partial charge in [0, 0.05) is 18.6 Å². The Morgan fingerprint density at radius 2 is 1.89 bits per heavy atom. The minimum Gasteiger partial charge on any atom is -0.390 e. The zero-order chi connectivity index (χ0) is 26.7. The van der Waals surface area contributed by atoms with E-state index < -0.39 is 5.60 Å². The van der Waals surface area contributed by atoms with Gasteiger partial charge in [0.1, 0.15) is 17.6 Å². The van der Waals surface area contributed by atoms with E-state index in [0.717, 1.165) is 66.5 Å². The van der Waals surface area contributed by atoms with Crippen molar-refractivity contribution in [2.45, 2.75) is 110 Å². The van der Waals surface area contributed by atoms with Crippen LogP contribution >= 0.6 is 0 Å². The maximum absolute atomic E-state index is 13.8. The molecule has 4 aliphatic carbocycles. The summed E-state index contributed by atoms with van der Waals surface area (Å²) in [7, 11) is 1.75. The van der Waals surface area contributed by atoms with E-state index in [1.807, 2.05) is 19.1 Å². The van der Waals surface area contributed by atoms with E-state index in [1.54, 1.807) is 11.9 Å². The average molecular weight is 522 g/mol. The summed E-state index contributed by atoms with van der Waals surface area (Å²) in [6.45, 7) is 6.90. The van der Waals surface area contributed by atoms with Gasteiger partial charge in [-0.05, 0) is 112 Å². The van der Waals surface area contributed by atoms with Crippen molar-refractivity contribution in [3.63, 3.8) is 0 Å². The Kier molecular flexibility index (Phi) is 6.95. The molecule has 1 aromatic heterocycles. The molecule has 0 aliphatic heterocycles. The van der Waals surface area contributed by atoms with Gasteiger partial charge in [-0.2, -0.15) is 15.0 Å². The number of nitrogens with zero attached hydrogens (tertiary/aromatic N) is 3. The second-order valence-corrected chi connectivity index (χ2v) is 13.8. The molecule has 2 aromatic rings. The van der Waals surface area contributed by atoms with Crippen LogP contribution in [-0.2, 0) is 16.1 Å². The Hall–Kier alpha value is -1.79. The number of carbonyl (C=O) groups is 1. The first kappa shape index (κ1) is 26.4. The molecule has 1 aromatic carbocycles. The van der Waals surface area contributed by atoms with E-state index in [-0.39, 0.29) is 24.0 Å². The number of Topliss-reactive ketones (excluding diaryl/α,β-unsaturated/α-hetero) is 1. The molecule has 4 fully saturated rings. The molecular formula is C32H47N3O3. The summed E-state index contributed by atoms with van der Waals surface area (Å²) in [5, 5.41) is 20.2. The normalized spacial score (nSPS) is 39.4. The highest BCUT2D eigenvalue weighted by Gasteiger charge is 2.58. The number of ether oxygens (including phenoxy) is 1. The molecule has 0 bridgehead atoms. The van der Waals surface area contributed by atoms with Gasteiger partial charge in [-0.15, -0.1) is 0 Å². The summed E-state index contributed by atoms with van der Waals surface area (Å²) in [5.41, 5.74) is 2.41. The number of benzene rings is 1. The van der Waals surface area contributed by atoms with Crippen molar-refractivity contribution >= 4 is 16.8 Å². The Morgan fingerprint density at radius 1 is 1.08 bits per heavy atom. The standard InChI is InChI=1S/C32H47N3O3/c1-5-7-29(38-4)24-8-6-9-27-30(24)34-35(33-27)19-28(36)26-13-12-25-23-11-10-20-18-31(2,37)16-14-21(20)22(23)15-17-32(25,26)3/h6,8-9,20-23,25-26,29,37H,5,7,10-19H2,1-4H3/t20-,21-,22+,23+,25-,26+,29?,31+,32-/m0/s1. The highest BCUT2D eigenvalue weighted by atomic mass is 16.5. The van der Waals surface area contributed by atoms with E-state index in [4.69, 9.17) is 14.9 Å². The van der Waals surface area contributed by atoms with Crippen molar-refractivity contribution < 1.29 is 14.6 Å². The van der Waals surface area contributed by atoms with Gasteiger partial charge in [-0.25, -0.2) is 0 Å². The molecule has 6 nitrogen and oxygen atoms in total. The third-order valence-electron chi connectivity index (χ3n) is 11.6. The molecule has 6 heteroatoms. The highest BCUT2D eigenvalue weighted by molar-refractivity contribution is 5.83. The monoisotopic (exact) mass is 521 g/mol. The third-order valence-corrected chi connectivity index (χ3v) is 11.6. The fraction of sp³-hybridized carbons (Fsp3) is 0.781. The van der Waals surface area contributed by atoms with Crippen LogP contribution in [0.3, 0.4) is 0 Å². The van der Waals surface area contributed by atoms with Gasteiger partial charge in [0.05, 0.1) is 11.7 Å². The number of aromatic nitrogens is 3. The van der Waals surface area contributed by atoms with Gasteiger partial charge in [-0.3, -0.25) is 4.79 Å². The number of hydrogen-bond donors (Lipinski definition) is 1. The lowest BCUT2D eigenvalue weighted by Crippen LogP contribution is -2.51. The molecular weight excluding hydrogens is 474 g/mol. The fourth-order valence-electron chi connectivity index (χ4n) is 9.85. The Morgan fingerprint density at radius 3 is 2.68 bits per heavy atom. The van der Waals surface area contributed by atoms with Crippen LogP contribution in [0, 0.1) is 40.9 Å². The van der Waals surface area contributed by atoms with Crippen LogP contribution in [0.25, 0.3) is 11.0 Å². The molecule has 6 rings (SSSR count). The fourth-order valence-corrected chi connectivity index (χ4v) is 9.85. The quantitative estimate of drug-likeness (QED) is 0.450. The average Bonchev–Trinajstić information content (AvgIpc) is 3.46. The molecule has 4 saturated carbocycles. The molecule has 38 heavy (non-hydrogen) atoms. The third kappa shape index (κ3) is 4.44. The molecule has 208 valence electrons. The smallest absolute Gasteiger partial charge is 0.159 e. The van der Waals surface area contributed by atoms with Gasteiger partial charge in [0.15, 0.2) is 5.78 Å². The Balaban J connectivity index is 1.18. The molecule has 0 spiro atoms. The van der Waals surface area contributed by atoms with Gasteiger partial charge in [0.2, 0.25) is 0 Å². The van der Waals surface area contributed by atoms with Crippen LogP contribution in [0.5, 0.6) is 0 Å². The summed E-state index contributed by atoms with van der Waals surface area (Å²) < 4.78 is 5.76. The molecule has 1 N–H and O–H groups in total. The first-order chi connectivity index (χ1) is 18.2. The number of fused-ring (bicyclic) bond motifs is 6. The predicted octanol–water partition coefficient (Wildman–Crippen LogP) is 6.51. The van der Waals surface area contributed by atoms with Crippen molar-refractivity contribution in [1.29, 1.82) is 0 Å². The van der Waals surface area contributed by atoms with Crippen LogP contribution in [-0.4, -0.2) is 38.6 Å². The minimum absolute atomic E-state index is 0.000355. The summed E-state index contributed by atoms with van der Waals surface area (Å²) in [4.78, 5) is 15.5. The van der Waals surface area contributed by atoms with Crippen LogP contribution in [0.4, 0.5) is 0 Å². The van der Waals surface area contributed by atoms with E-state index in [2.05, 4.69) is 19.9 Å². The van der Waals surface area contributed by atoms with E-state index in [9.17, 15) is 9.90 Å². The molecule has 1 heterocycles. The maximum Gasteiger partial charge on any atom is 0.159 e. The molecule has 0 saturated heterocycles. The van der Waals surface area contributed by atoms with E-state index in [1.165, 1.54) is 38.5 Å². The van der Waals surface area contributed by atoms with Gasteiger partial charge in [-0.1, -0.05) is 32.4 Å². The second-order valence-electron chi connectivity index (χ2n) is 13.8. The van der Waals surface area contributed by atoms with Crippen LogP contribution in [0.15, 0.2) is 18.2 Å². The highest BCUT2D eigenvalue weighted by Crippen LogP contribution is 2.64. The van der Waals surface area contributed by atoms with Crippen LogP contribution < -0.4 is 0 Å². The first-order valence-corrected chi connectivity index (χ1v) is 15.4. The van der Waals surface area contributed by atoms with Gasteiger partial charge < -0.3 is 9.84 Å². The van der Waals surface area contributed by atoms with Crippen molar-refractivity contribution in [2.75, 3.05) is 7.11 Å².